The van der Waals surface area contributed by atoms with Gasteiger partial charge in [0.15, 0.2) is 11.5 Å². The number of methoxy groups -OCH3 is 2. The fourth-order valence-corrected chi connectivity index (χ4v) is 6.54. The molecule has 0 bridgehead atoms. The molecule has 4 aromatic carbocycles. The third-order valence-corrected chi connectivity index (χ3v) is 9.80. The number of carbonyl (C=O) groups excluding carboxylic acids is 2. The zero-order valence-corrected chi connectivity index (χ0v) is 28.4. The number of hydrogen-bond donors (Lipinski definition) is 1. The lowest BCUT2D eigenvalue weighted by Gasteiger charge is -2.34. The lowest BCUT2D eigenvalue weighted by molar-refractivity contribution is -0.140. The number of anilines is 1. The summed E-state index contributed by atoms with van der Waals surface area (Å²) in [5, 5.41) is 3.05. The maximum Gasteiger partial charge on any atom is 0.264 e. The summed E-state index contributed by atoms with van der Waals surface area (Å²) in [6, 6.07) is 28.8. The van der Waals surface area contributed by atoms with Crippen molar-refractivity contribution in [2.45, 2.75) is 57.1 Å². The zero-order chi connectivity index (χ0) is 34.0. The van der Waals surface area contributed by atoms with Crippen molar-refractivity contribution >= 4 is 27.5 Å². The highest BCUT2D eigenvalue weighted by atomic mass is 32.2. The molecule has 4 aromatic rings. The van der Waals surface area contributed by atoms with E-state index in [1.165, 1.54) is 37.3 Å². The normalized spacial score (nSPS) is 12.4. The minimum absolute atomic E-state index is 0.0167. The van der Waals surface area contributed by atoms with Gasteiger partial charge in [0, 0.05) is 25.1 Å². The number of amides is 2. The summed E-state index contributed by atoms with van der Waals surface area (Å²) >= 11 is 0. The van der Waals surface area contributed by atoms with Gasteiger partial charge in [-0.15, -0.1) is 0 Å². The number of nitrogens with zero attached hydrogens (tertiary/aromatic N) is 2. The van der Waals surface area contributed by atoms with Gasteiger partial charge in [0.2, 0.25) is 11.8 Å². The van der Waals surface area contributed by atoms with Crippen molar-refractivity contribution in [2.24, 2.45) is 0 Å². The minimum Gasteiger partial charge on any atom is -0.493 e. The van der Waals surface area contributed by atoms with E-state index in [1.54, 1.807) is 30.3 Å². The Labute approximate surface area is 278 Å². The predicted octanol–water partition coefficient (Wildman–Crippen LogP) is 5.76. The summed E-state index contributed by atoms with van der Waals surface area (Å²) in [6.07, 6.45) is 0.945. The first-order valence-corrected chi connectivity index (χ1v) is 17.0. The average Bonchev–Trinajstić information content (AvgIpc) is 3.09. The quantitative estimate of drug-likeness (QED) is 0.174. The first-order valence-electron chi connectivity index (χ1n) is 15.6. The highest BCUT2D eigenvalue weighted by Crippen LogP contribution is 2.34. The van der Waals surface area contributed by atoms with Crippen LogP contribution in [0.3, 0.4) is 0 Å². The first-order chi connectivity index (χ1) is 22.6. The smallest absolute Gasteiger partial charge is 0.264 e. The van der Waals surface area contributed by atoms with E-state index in [1.807, 2.05) is 75.4 Å². The molecular formula is C37H43N3O6S. The number of hydrogen-bond acceptors (Lipinski definition) is 6. The molecule has 0 saturated carbocycles. The van der Waals surface area contributed by atoms with Gasteiger partial charge in [0.1, 0.15) is 12.6 Å². The zero-order valence-electron chi connectivity index (χ0n) is 27.6. The van der Waals surface area contributed by atoms with Crippen molar-refractivity contribution in [2.75, 3.05) is 25.1 Å². The maximum absolute atomic E-state index is 14.6. The van der Waals surface area contributed by atoms with Crippen molar-refractivity contribution in [3.05, 3.63) is 120 Å². The summed E-state index contributed by atoms with van der Waals surface area (Å²) in [5.74, 6) is -0.144. The number of ether oxygens (including phenoxy) is 2. The van der Waals surface area contributed by atoms with E-state index >= 15 is 0 Å². The molecule has 2 atom stereocenters. The van der Waals surface area contributed by atoms with Crippen molar-refractivity contribution in [1.29, 1.82) is 0 Å². The predicted molar refractivity (Wildman–Crippen MR) is 184 cm³/mol. The van der Waals surface area contributed by atoms with E-state index in [0.29, 0.717) is 17.9 Å². The van der Waals surface area contributed by atoms with Gasteiger partial charge in [-0.2, -0.15) is 0 Å². The topological polar surface area (TPSA) is 105 Å². The highest BCUT2D eigenvalue weighted by Gasteiger charge is 2.35. The largest absolute Gasteiger partial charge is 0.493 e. The third kappa shape index (κ3) is 8.92. The summed E-state index contributed by atoms with van der Waals surface area (Å²) in [6.45, 7) is 5.38. The minimum atomic E-state index is -4.24. The van der Waals surface area contributed by atoms with Gasteiger partial charge in [-0.1, -0.05) is 85.3 Å². The first kappa shape index (κ1) is 35.0. The van der Waals surface area contributed by atoms with Crippen LogP contribution in [-0.4, -0.2) is 58.0 Å². The molecule has 1 N–H and O–H groups in total. The van der Waals surface area contributed by atoms with E-state index in [9.17, 15) is 18.0 Å². The lowest BCUT2D eigenvalue weighted by Crippen LogP contribution is -2.54. The number of sulfonamides is 1. The average molecular weight is 658 g/mol. The Morgan fingerprint density at radius 1 is 0.809 bits per heavy atom. The van der Waals surface area contributed by atoms with Crippen LogP contribution in [0.5, 0.6) is 11.5 Å². The Morgan fingerprint density at radius 3 is 2.02 bits per heavy atom. The number of benzene rings is 4. The summed E-state index contributed by atoms with van der Waals surface area (Å²) in [7, 11) is -1.30. The molecule has 0 heterocycles. The molecule has 0 fully saturated rings. The van der Waals surface area contributed by atoms with Crippen LogP contribution in [-0.2, 0) is 32.6 Å². The van der Waals surface area contributed by atoms with Gasteiger partial charge in [-0.25, -0.2) is 8.42 Å². The second kappa shape index (κ2) is 16.1. The molecular weight excluding hydrogens is 614 g/mol. The number of rotatable bonds is 15. The molecule has 0 aliphatic heterocycles. The van der Waals surface area contributed by atoms with Crippen LogP contribution in [0.1, 0.15) is 37.0 Å². The number of nitrogens with one attached hydrogen (secondary N) is 1. The van der Waals surface area contributed by atoms with Gasteiger partial charge >= 0.3 is 0 Å². The molecule has 2 unspecified atom stereocenters. The molecule has 0 spiro atoms. The van der Waals surface area contributed by atoms with Crippen molar-refractivity contribution in [3.63, 3.8) is 0 Å². The van der Waals surface area contributed by atoms with Crippen LogP contribution in [0.25, 0.3) is 0 Å². The Morgan fingerprint density at radius 2 is 1.43 bits per heavy atom. The SMILES string of the molecule is CCC(C)NC(=O)C(Cc1ccccc1)N(Cc1ccc(C)cc1)C(=O)CN(c1ccc(OC)c(OC)c1)S(=O)(=O)c1ccccc1. The van der Waals surface area contributed by atoms with Crippen molar-refractivity contribution in [1.82, 2.24) is 10.2 Å². The van der Waals surface area contributed by atoms with Gasteiger partial charge in [-0.05, 0) is 55.7 Å². The summed E-state index contributed by atoms with van der Waals surface area (Å²) in [5.41, 5.74) is 2.93. The molecule has 4 rings (SSSR count). The van der Waals surface area contributed by atoms with E-state index in [2.05, 4.69) is 5.32 Å². The van der Waals surface area contributed by atoms with Crippen molar-refractivity contribution in [3.8, 4) is 11.5 Å². The van der Waals surface area contributed by atoms with Gasteiger partial charge < -0.3 is 19.7 Å². The van der Waals surface area contributed by atoms with Crippen LogP contribution < -0.4 is 19.1 Å². The summed E-state index contributed by atoms with van der Waals surface area (Å²) in [4.78, 5) is 30.1. The molecule has 0 aliphatic rings. The standard InChI is InChI=1S/C37H43N3O6S/c1-6-28(3)38-37(42)33(23-29-13-9-7-10-14-29)39(25-30-19-17-27(2)18-20-30)36(41)26-40(47(43,44)32-15-11-8-12-16-32)31-21-22-34(45-4)35(24-31)46-5/h7-22,24,28,33H,6,23,25-26H2,1-5H3,(H,38,42). The van der Waals surface area contributed by atoms with Crippen LogP contribution in [0.15, 0.2) is 108 Å². The molecule has 0 aliphatic carbocycles. The number of aryl methyl sites for hydroxylation is 1. The maximum atomic E-state index is 14.6. The van der Waals surface area contributed by atoms with Crippen LogP contribution >= 0.6 is 0 Å². The van der Waals surface area contributed by atoms with Gasteiger partial charge in [-0.3, -0.25) is 13.9 Å². The molecule has 10 heteroatoms. The lowest BCUT2D eigenvalue weighted by atomic mass is 10.0. The van der Waals surface area contributed by atoms with E-state index in [4.69, 9.17) is 9.47 Å². The molecule has 2 amide bonds. The van der Waals surface area contributed by atoms with Gasteiger partial charge in [0.25, 0.3) is 10.0 Å². The third-order valence-electron chi connectivity index (χ3n) is 8.01. The van der Waals surface area contributed by atoms with Crippen LogP contribution in [0, 0.1) is 6.92 Å². The highest BCUT2D eigenvalue weighted by molar-refractivity contribution is 7.92. The second-order valence-corrected chi connectivity index (χ2v) is 13.3. The van der Waals surface area contributed by atoms with Crippen molar-refractivity contribution < 1.29 is 27.5 Å². The fraction of sp³-hybridized carbons (Fsp3) is 0.297. The molecule has 0 saturated heterocycles. The monoisotopic (exact) mass is 657 g/mol. The van der Waals surface area contributed by atoms with Gasteiger partial charge in [0.05, 0.1) is 24.8 Å². The Hall–Kier alpha value is -4.83. The second-order valence-electron chi connectivity index (χ2n) is 11.4. The fourth-order valence-electron chi connectivity index (χ4n) is 5.11. The van der Waals surface area contributed by atoms with Crippen LogP contribution in [0.4, 0.5) is 5.69 Å². The van der Waals surface area contributed by atoms with E-state index in [0.717, 1.165) is 21.0 Å². The van der Waals surface area contributed by atoms with E-state index in [-0.39, 0.29) is 35.5 Å². The Kier molecular flexibility index (Phi) is 12.0. The number of carbonyl (C=O) groups is 2. The van der Waals surface area contributed by atoms with Crippen LogP contribution in [0.2, 0.25) is 0 Å². The Balaban J connectivity index is 1.83. The summed E-state index contributed by atoms with van der Waals surface area (Å²) < 4.78 is 40.4. The molecule has 9 nitrogen and oxygen atoms in total. The Bertz CT molecular complexity index is 1730. The van der Waals surface area contributed by atoms with E-state index < -0.39 is 28.5 Å². The molecule has 47 heavy (non-hydrogen) atoms. The molecule has 0 radical (unpaired) electrons. The molecule has 248 valence electrons. The molecule has 0 aromatic heterocycles.